The average Bonchev–Trinajstić information content (AvgIpc) is 2.97. The number of carbonyl (C=O) groups is 1. The lowest BCUT2D eigenvalue weighted by Crippen LogP contribution is -2.52. The lowest BCUT2D eigenvalue weighted by Gasteiger charge is -2.45. The molecule has 200 valence electrons. The van der Waals surface area contributed by atoms with E-state index in [2.05, 4.69) is 61.2 Å². The molecule has 1 aliphatic heterocycles. The zero-order chi connectivity index (χ0) is 27.3. The topological polar surface area (TPSA) is 42.0 Å². The van der Waals surface area contributed by atoms with Crippen LogP contribution in [-0.4, -0.2) is 38.0 Å². The Kier molecular flexibility index (Phi) is 7.82. The fourth-order valence-electron chi connectivity index (χ4n) is 5.79. The summed E-state index contributed by atoms with van der Waals surface area (Å²) in [5.74, 6) is 0. The molecule has 1 amide bonds. The second kappa shape index (κ2) is 11.4. The smallest absolute Gasteiger partial charge is 0.415 e. The number of hydrogen-bond donors (Lipinski definition) is 0. The lowest BCUT2D eigenvalue weighted by molar-refractivity contribution is -0.0814. The molecule has 0 radical (unpaired) electrons. The van der Waals surface area contributed by atoms with Gasteiger partial charge in [0.25, 0.3) is 0 Å². The average molecular weight is 521 g/mol. The van der Waals surface area contributed by atoms with Gasteiger partial charge in [-0.1, -0.05) is 123 Å². The zero-order valence-electron chi connectivity index (χ0n) is 22.9. The van der Waals surface area contributed by atoms with E-state index in [1.165, 1.54) is 7.11 Å². The molecule has 0 aromatic heterocycles. The Bertz CT molecular complexity index is 1280. The van der Waals surface area contributed by atoms with E-state index in [9.17, 15) is 4.79 Å². The predicted molar refractivity (Wildman–Crippen MR) is 156 cm³/mol. The lowest BCUT2D eigenvalue weighted by atomic mass is 9.75. The highest BCUT2D eigenvalue weighted by molar-refractivity contribution is 5.93. The van der Waals surface area contributed by atoms with Crippen LogP contribution in [0, 0.1) is 5.41 Å². The molecular weight excluding hydrogens is 484 g/mol. The van der Waals surface area contributed by atoms with Gasteiger partial charge in [-0.2, -0.15) is 0 Å². The molecule has 4 aromatic rings. The van der Waals surface area contributed by atoms with Crippen molar-refractivity contribution in [3.63, 3.8) is 0 Å². The Balaban J connectivity index is 1.77. The van der Waals surface area contributed by atoms with Crippen LogP contribution >= 0.6 is 0 Å². The Morgan fingerprint density at radius 3 is 1.79 bits per heavy atom. The molecule has 1 saturated heterocycles. The van der Waals surface area contributed by atoms with Gasteiger partial charge in [-0.3, -0.25) is 9.80 Å². The minimum absolute atomic E-state index is 0.0527. The van der Waals surface area contributed by atoms with Gasteiger partial charge in [0, 0.05) is 18.5 Å². The van der Waals surface area contributed by atoms with Crippen LogP contribution in [0.2, 0.25) is 0 Å². The van der Waals surface area contributed by atoms with Gasteiger partial charge in [-0.15, -0.1) is 0 Å². The molecule has 0 atom stereocenters. The maximum Gasteiger partial charge on any atom is 0.415 e. The largest absolute Gasteiger partial charge is 0.452 e. The molecule has 0 spiro atoms. The highest BCUT2D eigenvalue weighted by Crippen LogP contribution is 2.46. The molecule has 1 aliphatic rings. The molecule has 0 saturated carbocycles. The molecule has 5 rings (SSSR count). The van der Waals surface area contributed by atoms with Crippen molar-refractivity contribution in [1.29, 1.82) is 0 Å². The van der Waals surface area contributed by atoms with E-state index in [1.807, 2.05) is 77.7 Å². The van der Waals surface area contributed by atoms with Crippen LogP contribution in [0.3, 0.4) is 0 Å². The van der Waals surface area contributed by atoms with Crippen molar-refractivity contribution in [3.05, 3.63) is 138 Å². The van der Waals surface area contributed by atoms with Crippen molar-refractivity contribution in [2.75, 3.05) is 31.9 Å². The van der Waals surface area contributed by atoms with Crippen molar-refractivity contribution in [2.24, 2.45) is 5.41 Å². The number of hydrogen-bond acceptors (Lipinski definition) is 4. The first-order valence-corrected chi connectivity index (χ1v) is 13.4. The third-order valence-electron chi connectivity index (χ3n) is 7.31. The number of nitrogens with zero attached hydrogens (tertiary/aromatic N) is 2. The summed E-state index contributed by atoms with van der Waals surface area (Å²) in [6.45, 7) is 7.27. The fourth-order valence-corrected chi connectivity index (χ4v) is 5.79. The fraction of sp³-hybridized carbons (Fsp3) is 0.265. The van der Waals surface area contributed by atoms with E-state index in [1.54, 1.807) is 0 Å². The van der Waals surface area contributed by atoms with Gasteiger partial charge < -0.3 is 9.47 Å². The van der Waals surface area contributed by atoms with Gasteiger partial charge in [0.15, 0.2) is 0 Å². The van der Waals surface area contributed by atoms with Crippen molar-refractivity contribution < 1.29 is 14.3 Å². The number of ether oxygens (including phenoxy) is 2. The highest BCUT2D eigenvalue weighted by atomic mass is 16.5. The van der Waals surface area contributed by atoms with Gasteiger partial charge in [0.1, 0.15) is 5.54 Å². The van der Waals surface area contributed by atoms with Crippen molar-refractivity contribution in [3.8, 4) is 0 Å². The number of anilines is 1. The molecule has 39 heavy (non-hydrogen) atoms. The molecule has 1 heterocycles. The number of carbonyl (C=O) groups excluding carboxylic acids is 1. The number of methoxy groups -OCH3 is 1. The second-order valence-corrected chi connectivity index (χ2v) is 10.9. The third kappa shape index (κ3) is 5.33. The van der Waals surface area contributed by atoms with Gasteiger partial charge in [-0.25, -0.2) is 4.79 Å². The standard InChI is InChI=1S/C34H36N2O3/c1-33(2)24-35(26-39-25-33)23-27-15-13-14-22-31(27)36(32(37)38-3)34(28-16-7-4-8-17-28,29-18-9-5-10-19-29)30-20-11-6-12-21-30/h4-22H,23-26H2,1-3H3. The summed E-state index contributed by atoms with van der Waals surface area (Å²) in [6.07, 6.45) is -0.436. The molecule has 0 N–H and O–H groups in total. The summed E-state index contributed by atoms with van der Waals surface area (Å²) in [7, 11) is 1.45. The maximum absolute atomic E-state index is 14.1. The van der Waals surface area contributed by atoms with E-state index in [4.69, 9.17) is 9.47 Å². The monoisotopic (exact) mass is 520 g/mol. The SMILES string of the molecule is COC(=O)N(c1ccccc1CN1COCC(C)(C)C1)C(c1ccccc1)(c1ccccc1)c1ccccc1. The Hall–Kier alpha value is -3.93. The van der Waals surface area contributed by atoms with E-state index < -0.39 is 11.6 Å². The Morgan fingerprint density at radius 1 is 0.821 bits per heavy atom. The minimum atomic E-state index is -0.995. The van der Waals surface area contributed by atoms with Crippen LogP contribution in [0.1, 0.15) is 36.1 Å². The molecule has 0 bridgehead atoms. The molecule has 5 heteroatoms. The molecular formula is C34H36N2O3. The van der Waals surface area contributed by atoms with E-state index in [0.717, 1.165) is 41.1 Å². The van der Waals surface area contributed by atoms with E-state index >= 15 is 0 Å². The van der Waals surface area contributed by atoms with Crippen LogP contribution in [-0.2, 0) is 21.6 Å². The number of amides is 1. The first-order valence-electron chi connectivity index (χ1n) is 13.4. The predicted octanol–water partition coefficient (Wildman–Crippen LogP) is 7.07. The van der Waals surface area contributed by atoms with E-state index in [-0.39, 0.29) is 5.41 Å². The molecule has 4 aromatic carbocycles. The van der Waals surface area contributed by atoms with Crippen LogP contribution in [0.25, 0.3) is 0 Å². The van der Waals surface area contributed by atoms with Crippen LogP contribution in [0.15, 0.2) is 115 Å². The number of benzene rings is 4. The molecule has 0 aliphatic carbocycles. The highest BCUT2D eigenvalue weighted by Gasteiger charge is 2.47. The van der Waals surface area contributed by atoms with Crippen LogP contribution in [0.4, 0.5) is 10.5 Å². The summed E-state index contributed by atoms with van der Waals surface area (Å²) in [6, 6.07) is 38.7. The molecule has 0 unspecified atom stereocenters. The summed E-state index contributed by atoms with van der Waals surface area (Å²) >= 11 is 0. The van der Waals surface area contributed by atoms with Crippen molar-refractivity contribution in [2.45, 2.75) is 25.9 Å². The second-order valence-electron chi connectivity index (χ2n) is 10.9. The normalized spacial score (nSPS) is 15.5. The van der Waals surface area contributed by atoms with Gasteiger partial charge in [0.05, 0.1) is 26.1 Å². The summed E-state index contributed by atoms with van der Waals surface area (Å²) in [5.41, 5.74) is 3.77. The van der Waals surface area contributed by atoms with Gasteiger partial charge in [-0.05, 0) is 28.3 Å². The number of rotatable bonds is 7. The zero-order valence-corrected chi connectivity index (χ0v) is 22.9. The van der Waals surface area contributed by atoms with Gasteiger partial charge >= 0.3 is 6.09 Å². The summed E-state index contributed by atoms with van der Waals surface area (Å²) < 4.78 is 11.5. The first kappa shape index (κ1) is 26.7. The third-order valence-corrected chi connectivity index (χ3v) is 7.31. The van der Waals surface area contributed by atoms with Crippen LogP contribution in [0.5, 0.6) is 0 Å². The first-order chi connectivity index (χ1) is 19.0. The minimum Gasteiger partial charge on any atom is -0.452 e. The Morgan fingerprint density at radius 2 is 1.31 bits per heavy atom. The van der Waals surface area contributed by atoms with Crippen molar-refractivity contribution >= 4 is 11.8 Å². The van der Waals surface area contributed by atoms with Crippen LogP contribution < -0.4 is 4.90 Å². The van der Waals surface area contributed by atoms with Crippen molar-refractivity contribution in [1.82, 2.24) is 4.90 Å². The Labute approximate surface area is 231 Å². The summed E-state index contributed by atoms with van der Waals surface area (Å²) in [5, 5.41) is 0. The molecule has 5 nitrogen and oxygen atoms in total. The molecule has 1 fully saturated rings. The maximum atomic E-state index is 14.1. The van der Waals surface area contributed by atoms with Gasteiger partial charge in [0.2, 0.25) is 0 Å². The number of para-hydroxylation sites is 1. The quantitative estimate of drug-likeness (QED) is 0.245. The van der Waals surface area contributed by atoms with E-state index in [0.29, 0.717) is 13.3 Å². The summed E-state index contributed by atoms with van der Waals surface area (Å²) in [4.78, 5) is 18.2.